The first kappa shape index (κ1) is 16.2. The first-order valence-corrected chi connectivity index (χ1v) is 8.88. The summed E-state index contributed by atoms with van der Waals surface area (Å²) in [5.41, 5.74) is 0.916. The quantitative estimate of drug-likeness (QED) is 0.847. The highest BCUT2D eigenvalue weighted by Crippen LogP contribution is 2.28. The number of nitrogens with one attached hydrogen (secondary N) is 2. The van der Waals surface area contributed by atoms with Gasteiger partial charge in [0, 0.05) is 17.4 Å². The molecule has 2 N–H and O–H groups in total. The molecule has 0 aromatic carbocycles. The molecular weight excluding hydrogens is 286 g/mol. The minimum Gasteiger partial charge on any atom is -0.359 e. The Morgan fingerprint density at radius 3 is 2.95 bits per heavy atom. The molecule has 118 valence electrons. The Balaban J connectivity index is 1.77. The zero-order chi connectivity index (χ0) is 15.1. The number of carbonyl (C=O) groups is 1. The summed E-state index contributed by atoms with van der Waals surface area (Å²) in [4.78, 5) is 12.0. The monoisotopic (exact) mass is 311 g/mol. The second-order valence-corrected chi connectivity index (χ2v) is 6.87. The molecule has 21 heavy (non-hydrogen) atoms. The highest BCUT2D eigenvalue weighted by atomic mass is 32.2. The lowest BCUT2D eigenvalue weighted by Gasteiger charge is -2.31. The van der Waals surface area contributed by atoms with Gasteiger partial charge in [0.25, 0.3) is 0 Å². The molecule has 0 spiro atoms. The molecule has 1 aromatic rings. The van der Waals surface area contributed by atoms with E-state index in [0.717, 1.165) is 24.3 Å². The molecule has 2 rings (SSSR count). The van der Waals surface area contributed by atoms with Gasteiger partial charge in [-0.25, -0.2) is 4.79 Å². The summed E-state index contributed by atoms with van der Waals surface area (Å²) >= 11 is 1.95. The summed E-state index contributed by atoms with van der Waals surface area (Å²) in [7, 11) is 0. The fraction of sp³-hybridized carbons (Fsp3) is 0.733. The molecule has 2 unspecified atom stereocenters. The van der Waals surface area contributed by atoms with Gasteiger partial charge in [-0.15, -0.1) is 0 Å². The number of urea groups is 1. The molecule has 1 aromatic heterocycles. The van der Waals surface area contributed by atoms with Crippen molar-refractivity contribution < 1.29 is 9.32 Å². The molecule has 5 nitrogen and oxygen atoms in total. The van der Waals surface area contributed by atoms with E-state index in [1.807, 2.05) is 24.8 Å². The van der Waals surface area contributed by atoms with Gasteiger partial charge in [0.1, 0.15) is 0 Å². The third kappa shape index (κ3) is 4.95. The molecule has 1 saturated carbocycles. The summed E-state index contributed by atoms with van der Waals surface area (Å²) in [6.07, 6.45) is 5.59. The van der Waals surface area contributed by atoms with Crippen molar-refractivity contribution in [2.75, 3.05) is 5.75 Å². The maximum atomic E-state index is 12.0. The SMILES string of the molecule is CCSC1CCCCC1NC(=O)NCc1cc(CC)no1. The molecule has 1 aliphatic rings. The van der Waals surface area contributed by atoms with Crippen molar-refractivity contribution in [1.29, 1.82) is 0 Å². The summed E-state index contributed by atoms with van der Waals surface area (Å²) in [6, 6.07) is 2.05. The number of hydrogen-bond donors (Lipinski definition) is 2. The Morgan fingerprint density at radius 2 is 2.24 bits per heavy atom. The van der Waals surface area contributed by atoms with Crippen LogP contribution < -0.4 is 10.6 Å². The molecule has 2 atom stereocenters. The van der Waals surface area contributed by atoms with E-state index in [9.17, 15) is 4.79 Å². The number of thioether (sulfide) groups is 1. The lowest BCUT2D eigenvalue weighted by Crippen LogP contribution is -2.47. The van der Waals surface area contributed by atoms with Gasteiger partial charge in [0.2, 0.25) is 0 Å². The van der Waals surface area contributed by atoms with Crippen LogP contribution in [0, 0.1) is 0 Å². The standard InChI is InChI=1S/C15H25N3O2S/c1-3-11-9-12(20-18-11)10-16-15(19)17-13-7-5-6-8-14(13)21-4-2/h9,13-14H,3-8,10H2,1-2H3,(H2,16,17,19). The Morgan fingerprint density at radius 1 is 1.43 bits per heavy atom. The van der Waals surface area contributed by atoms with Gasteiger partial charge < -0.3 is 15.2 Å². The Hall–Kier alpha value is -1.17. The number of nitrogens with zero attached hydrogens (tertiary/aromatic N) is 1. The van der Waals surface area contributed by atoms with Crippen molar-refractivity contribution in [1.82, 2.24) is 15.8 Å². The number of carbonyl (C=O) groups excluding carboxylic acids is 1. The zero-order valence-corrected chi connectivity index (χ0v) is 13.7. The molecule has 1 heterocycles. The number of rotatable bonds is 6. The predicted molar refractivity (Wildman–Crippen MR) is 85.4 cm³/mol. The van der Waals surface area contributed by atoms with E-state index in [4.69, 9.17) is 4.52 Å². The minimum absolute atomic E-state index is 0.113. The number of amides is 2. The molecular formula is C15H25N3O2S. The largest absolute Gasteiger partial charge is 0.359 e. The average molecular weight is 311 g/mol. The van der Waals surface area contributed by atoms with Gasteiger partial charge in [-0.05, 0) is 25.0 Å². The van der Waals surface area contributed by atoms with Gasteiger partial charge in [-0.3, -0.25) is 0 Å². The maximum Gasteiger partial charge on any atom is 0.315 e. The van der Waals surface area contributed by atoms with Crippen LogP contribution in [0.15, 0.2) is 10.6 Å². The van der Waals surface area contributed by atoms with Gasteiger partial charge in [0.05, 0.1) is 12.2 Å². The normalized spacial score (nSPS) is 22.0. The minimum atomic E-state index is -0.113. The molecule has 0 aliphatic heterocycles. The molecule has 1 fully saturated rings. The van der Waals surface area contributed by atoms with Crippen LogP contribution in [0.1, 0.15) is 51.0 Å². The van der Waals surface area contributed by atoms with Gasteiger partial charge in [-0.2, -0.15) is 11.8 Å². The highest BCUT2D eigenvalue weighted by Gasteiger charge is 2.26. The molecule has 0 radical (unpaired) electrons. The zero-order valence-electron chi connectivity index (χ0n) is 12.9. The van der Waals surface area contributed by atoms with Crippen LogP contribution in [0.2, 0.25) is 0 Å². The van der Waals surface area contributed by atoms with Crippen LogP contribution >= 0.6 is 11.8 Å². The second-order valence-electron chi connectivity index (χ2n) is 5.35. The highest BCUT2D eigenvalue weighted by molar-refractivity contribution is 7.99. The third-order valence-corrected chi connectivity index (χ3v) is 5.12. The molecule has 6 heteroatoms. The lowest BCUT2D eigenvalue weighted by atomic mass is 9.95. The fourth-order valence-corrected chi connectivity index (χ4v) is 3.87. The Labute approximate surface area is 130 Å². The van der Waals surface area contributed by atoms with Gasteiger partial charge in [-0.1, -0.05) is 31.8 Å². The van der Waals surface area contributed by atoms with Crippen LogP contribution in [-0.4, -0.2) is 28.2 Å². The second kappa shape index (κ2) is 8.32. The lowest BCUT2D eigenvalue weighted by molar-refractivity contribution is 0.231. The van der Waals surface area contributed by atoms with Crippen molar-refractivity contribution in [3.63, 3.8) is 0 Å². The van der Waals surface area contributed by atoms with Crippen LogP contribution in [0.3, 0.4) is 0 Å². The van der Waals surface area contributed by atoms with Crippen molar-refractivity contribution in [3.8, 4) is 0 Å². The average Bonchev–Trinajstić information content (AvgIpc) is 2.95. The molecule has 2 amide bonds. The topological polar surface area (TPSA) is 67.2 Å². The van der Waals surface area contributed by atoms with Crippen molar-refractivity contribution in [3.05, 3.63) is 17.5 Å². The van der Waals surface area contributed by atoms with Crippen LogP contribution in [0.4, 0.5) is 4.79 Å². The Kier molecular flexibility index (Phi) is 6.42. The van der Waals surface area contributed by atoms with Gasteiger partial charge >= 0.3 is 6.03 Å². The van der Waals surface area contributed by atoms with Gasteiger partial charge in [0.15, 0.2) is 5.76 Å². The van der Waals surface area contributed by atoms with Crippen molar-refractivity contribution in [2.24, 2.45) is 0 Å². The Bertz CT molecular complexity index is 448. The van der Waals surface area contributed by atoms with Crippen molar-refractivity contribution >= 4 is 17.8 Å². The summed E-state index contributed by atoms with van der Waals surface area (Å²) < 4.78 is 5.16. The van der Waals surface area contributed by atoms with E-state index in [0.29, 0.717) is 17.6 Å². The summed E-state index contributed by atoms with van der Waals surface area (Å²) in [6.45, 7) is 4.58. The van der Waals surface area contributed by atoms with E-state index in [-0.39, 0.29) is 12.1 Å². The van der Waals surface area contributed by atoms with Crippen LogP contribution in [0.5, 0.6) is 0 Å². The maximum absolute atomic E-state index is 12.0. The first-order valence-electron chi connectivity index (χ1n) is 7.83. The van der Waals surface area contributed by atoms with Crippen molar-refractivity contribution in [2.45, 2.75) is 63.8 Å². The van der Waals surface area contributed by atoms with Crippen LogP contribution in [-0.2, 0) is 13.0 Å². The molecule has 1 aliphatic carbocycles. The number of hydrogen-bond acceptors (Lipinski definition) is 4. The summed E-state index contributed by atoms with van der Waals surface area (Å²) in [5.74, 6) is 1.80. The summed E-state index contributed by atoms with van der Waals surface area (Å²) in [5, 5.41) is 10.4. The number of aromatic nitrogens is 1. The predicted octanol–water partition coefficient (Wildman–Crippen LogP) is 3.10. The van der Waals surface area contributed by atoms with Crippen LogP contribution in [0.25, 0.3) is 0 Å². The first-order chi connectivity index (χ1) is 10.2. The smallest absolute Gasteiger partial charge is 0.315 e. The molecule has 0 bridgehead atoms. The fourth-order valence-electron chi connectivity index (χ4n) is 2.67. The van der Waals surface area contributed by atoms with E-state index in [1.54, 1.807) is 0 Å². The third-order valence-electron chi connectivity index (χ3n) is 3.79. The van der Waals surface area contributed by atoms with E-state index in [1.165, 1.54) is 19.3 Å². The molecule has 0 saturated heterocycles. The van der Waals surface area contributed by atoms with E-state index >= 15 is 0 Å². The van der Waals surface area contributed by atoms with E-state index in [2.05, 4.69) is 22.7 Å². The number of aryl methyl sites for hydroxylation is 1. The van der Waals surface area contributed by atoms with E-state index < -0.39 is 0 Å².